The number of likely N-dealkylation sites (N-methyl/N-ethyl adjacent to an activating group) is 1. The Hall–Kier alpha value is -0.400. The Bertz CT molecular complexity index is 525. The first kappa shape index (κ1) is 15.7. The van der Waals surface area contributed by atoms with Gasteiger partial charge >= 0.3 is 0 Å². The average Bonchev–Trinajstić information content (AvgIpc) is 2.49. The number of aryl methyl sites for hydroxylation is 2. The van der Waals surface area contributed by atoms with Gasteiger partial charge in [-0.1, -0.05) is 0 Å². The highest BCUT2D eigenvalue weighted by molar-refractivity contribution is 9.10. The van der Waals surface area contributed by atoms with Crippen LogP contribution in [0.25, 0.3) is 0 Å². The third-order valence-electron chi connectivity index (χ3n) is 3.29. The number of hydrogen-bond donors (Lipinski definition) is 1. The van der Waals surface area contributed by atoms with E-state index in [1.165, 1.54) is 6.26 Å². The summed E-state index contributed by atoms with van der Waals surface area (Å²) in [4.78, 5) is 0. The number of rotatable bonds is 5. The minimum absolute atomic E-state index is 0.133. The fraction of sp³-hybridized carbons (Fsp3) is 0.727. The smallest absolute Gasteiger partial charge is 0.151 e. The average molecular weight is 338 g/mol. The van der Waals surface area contributed by atoms with E-state index in [-0.39, 0.29) is 6.04 Å². The van der Waals surface area contributed by atoms with E-state index in [2.05, 4.69) is 26.3 Å². The van der Waals surface area contributed by atoms with Gasteiger partial charge in [0.05, 0.1) is 21.1 Å². The summed E-state index contributed by atoms with van der Waals surface area (Å²) in [5, 5.41) is 6.95. The zero-order valence-electron chi connectivity index (χ0n) is 11.4. The maximum Gasteiger partial charge on any atom is 0.151 e. The molecule has 1 rings (SSSR count). The normalized spacial score (nSPS) is 15.7. The van der Waals surface area contributed by atoms with E-state index in [9.17, 15) is 8.42 Å². The van der Waals surface area contributed by atoms with Crippen LogP contribution in [-0.2, 0) is 23.3 Å². The summed E-state index contributed by atoms with van der Waals surface area (Å²) in [6, 6.07) is -0.133. The highest BCUT2D eigenvalue weighted by Gasteiger charge is 2.26. The van der Waals surface area contributed by atoms with E-state index in [0.29, 0.717) is 6.42 Å². The molecule has 2 atom stereocenters. The fourth-order valence-corrected chi connectivity index (χ4v) is 3.24. The van der Waals surface area contributed by atoms with Gasteiger partial charge in [0.15, 0.2) is 9.84 Å². The van der Waals surface area contributed by atoms with E-state index < -0.39 is 15.1 Å². The third-order valence-corrected chi connectivity index (χ3v) is 6.00. The topological polar surface area (TPSA) is 64.0 Å². The Balaban J connectivity index is 3.00. The lowest BCUT2D eigenvalue weighted by molar-refractivity contribution is 0.503. The van der Waals surface area contributed by atoms with Crippen LogP contribution in [0.15, 0.2) is 4.47 Å². The van der Waals surface area contributed by atoms with Crippen molar-refractivity contribution in [3.8, 4) is 0 Å². The molecule has 0 spiro atoms. The summed E-state index contributed by atoms with van der Waals surface area (Å²) in [5.41, 5.74) is 1.91. The molecule has 0 aliphatic rings. The van der Waals surface area contributed by atoms with Crippen LogP contribution < -0.4 is 5.32 Å². The van der Waals surface area contributed by atoms with Crippen LogP contribution in [-0.4, -0.2) is 42.8 Å². The minimum Gasteiger partial charge on any atom is -0.315 e. The molecule has 0 bridgehead atoms. The second kappa shape index (κ2) is 5.71. The maximum absolute atomic E-state index is 11.6. The predicted molar refractivity (Wildman–Crippen MR) is 76.5 cm³/mol. The number of nitrogens with zero attached hydrogens (tertiary/aromatic N) is 2. The molecule has 0 saturated heterocycles. The highest BCUT2D eigenvalue weighted by Crippen LogP contribution is 2.22. The Labute approximate surface area is 117 Å². The van der Waals surface area contributed by atoms with Gasteiger partial charge < -0.3 is 5.32 Å². The van der Waals surface area contributed by atoms with Gasteiger partial charge in [-0.25, -0.2) is 8.42 Å². The van der Waals surface area contributed by atoms with Crippen molar-refractivity contribution in [1.82, 2.24) is 15.1 Å². The first-order valence-electron chi connectivity index (χ1n) is 5.72. The number of aromatic nitrogens is 2. The molecule has 2 unspecified atom stereocenters. The molecule has 18 heavy (non-hydrogen) atoms. The van der Waals surface area contributed by atoms with Gasteiger partial charge in [0.25, 0.3) is 0 Å². The van der Waals surface area contributed by atoms with Crippen molar-refractivity contribution in [2.75, 3.05) is 13.3 Å². The van der Waals surface area contributed by atoms with Gasteiger partial charge in [0, 0.05) is 25.8 Å². The minimum atomic E-state index is -3.06. The van der Waals surface area contributed by atoms with Gasteiger partial charge in [-0.15, -0.1) is 0 Å². The van der Waals surface area contributed by atoms with E-state index >= 15 is 0 Å². The van der Waals surface area contributed by atoms with Gasteiger partial charge in [-0.3, -0.25) is 4.68 Å². The molecule has 1 heterocycles. The van der Waals surface area contributed by atoms with Crippen LogP contribution in [0.3, 0.4) is 0 Å². The predicted octanol–water partition coefficient (Wildman–Crippen LogP) is 1.05. The number of hydrogen-bond acceptors (Lipinski definition) is 4. The van der Waals surface area contributed by atoms with E-state index in [4.69, 9.17) is 0 Å². The van der Waals surface area contributed by atoms with Crippen molar-refractivity contribution in [2.24, 2.45) is 7.05 Å². The van der Waals surface area contributed by atoms with Crippen molar-refractivity contribution < 1.29 is 8.42 Å². The van der Waals surface area contributed by atoms with Crippen LogP contribution in [0.2, 0.25) is 0 Å². The van der Waals surface area contributed by atoms with Crippen LogP contribution in [0.1, 0.15) is 18.3 Å². The summed E-state index contributed by atoms with van der Waals surface area (Å²) in [5.74, 6) is 0. The largest absolute Gasteiger partial charge is 0.315 e. The SMILES string of the molecule is CNC(Cc1c(Br)c(C)nn1C)C(C)S(C)(=O)=O. The van der Waals surface area contributed by atoms with E-state index in [1.807, 2.05) is 14.0 Å². The molecule has 7 heteroatoms. The summed E-state index contributed by atoms with van der Waals surface area (Å²) in [7, 11) is 0.587. The number of halogens is 1. The second-order valence-electron chi connectivity index (χ2n) is 4.60. The van der Waals surface area contributed by atoms with Crippen molar-refractivity contribution in [1.29, 1.82) is 0 Å². The first-order chi connectivity index (χ1) is 8.18. The van der Waals surface area contributed by atoms with E-state index in [1.54, 1.807) is 18.7 Å². The molecule has 0 amide bonds. The van der Waals surface area contributed by atoms with Crippen molar-refractivity contribution in [3.63, 3.8) is 0 Å². The monoisotopic (exact) mass is 337 g/mol. The molecule has 104 valence electrons. The molecule has 1 N–H and O–H groups in total. The first-order valence-corrected chi connectivity index (χ1v) is 8.47. The summed E-state index contributed by atoms with van der Waals surface area (Å²) >= 11 is 3.50. The molecule has 1 aromatic heterocycles. The van der Waals surface area contributed by atoms with Crippen LogP contribution in [0.5, 0.6) is 0 Å². The lowest BCUT2D eigenvalue weighted by atomic mass is 10.1. The third kappa shape index (κ3) is 3.33. The quantitative estimate of drug-likeness (QED) is 0.872. The molecular formula is C11H20BrN3O2S. The lowest BCUT2D eigenvalue weighted by Gasteiger charge is -2.22. The second-order valence-corrected chi connectivity index (χ2v) is 7.80. The number of nitrogens with one attached hydrogen (secondary N) is 1. The zero-order chi connectivity index (χ0) is 14.1. The Morgan fingerprint density at radius 1 is 1.50 bits per heavy atom. The molecule has 0 aliphatic carbocycles. The fourth-order valence-electron chi connectivity index (χ4n) is 1.91. The van der Waals surface area contributed by atoms with Gasteiger partial charge in [0.2, 0.25) is 0 Å². The Kier molecular flexibility index (Phi) is 4.97. The molecule has 5 nitrogen and oxygen atoms in total. The standard InChI is InChI=1S/C11H20BrN3O2S/c1-7-11(12)10(15(4)14-7)6-9(13-3)8(2)18(5,16)17/h8-9,13H,6H2,1-5H3. The van der Waals surface area contributed by atoms with Gasteiger partial charge in [-0.05, 0) is 36.8 Å². The van der Waals surface area contributed by atoms with Gasteiger partial charge in [-0.2, -0.15) is 5.10 Å². The van der Waals surface area contributed by atoms with Gasteiger partial charge in [0.1, 0.15) is 0 Å². The Morgan fingerprint density at radius 2 is 2.06 bits per heavy atom. The molecule has 0 aliphatic heterocycles. The van der Waals surface area contributed by atoms with Crippen LogP contribution >= 0.6 is 15.9 Å². The molecule has 0 saturated carbocycles. The molecule has 0 fully saturated rings. The van der Waals surface area contributed by atoms with Crippen LogP contribution in [0, 0.1) is 6.92 Å². The summed E-state index contributed by atoms with van der Waals surface area (Å²) < 4.78 is 26.0. The number of sulfone groups is 1. The molecular weight excluding hydrogens is 318 g/mol. The van der Waals surface area contributed by atoms with E-state index in [0.717, 1.165) is 15.9 Å². The summed E-state index contributed by atoms with van der Waals surface area (Å²) in [6.07, 6.45) is 1.88. The molecule has 0 radical (unpaired) electrons. The molecule has 1 aromatic rings. The molecule has 0 aromatic carbocycles. The highest BCUT2D eigenvalue weighted by atomic mass is 79.9. The maximum atomic E-state index is 11.6. The zero-order valence-corrected chi connectivity index (χ0v) is 13.8. The van der Waals surface area contributed by atoms with Crippen molar-refractivity contribution in [3.05, 3.63) is 15.9 Å². The van der Waals surface area contributed by atoms with Crippen molar-refractivity contribution >= 4 is 25.8 Å². The lowest BCUT2D eigenvalue weighted by Crippen LogP contribution is -2.42. The van der Waals surface area contributed by atoms with Crippen molar-refractivity contribution in [2.45, 2.75) is 31.6 Å². The Morgan fingerprint density at radius 3 is 2.39 bits per heavy atom. The van der Waals surface area contributed by atoms with Crippen LogP contribution in [0.4, 0.5) is 0 Å². The summed E-state index contributed by atoms with van der Waals surface area (Å²) in [6.45, 7) is 3.65.